The number of halogens is 1. The average Bonchev–Trinajstić information content (AvgIpc) is 2.45. The molecule has 0 amide bonds. The molecule has 20 heavy (non-hydrogen) atoms. The molecule has 1 fully saturated rings. The molecule has 0 unspecified atom stereocenters. The molecule has 5 nitrogen and oxygen atoms in total. The minimum atomic E-state index is -0.389. The van der Waals surface area contributed by atoms with E-state index in [9.17, 15) is 4.39 Å². The van der Waals surface area contributed by atoms with Crippen LogP contribution in [0.3, 0.4) is 0 Å². The monoisotopic (exact) mass is 281 g/mol. The van der Waals surface area contributed by atoms with Gasteiger partial charge >= 0.3 is 0 Å². The van der Waals surface area contributed by atoms with Gasteiger partial charge in [0.25, 0.3) is 0 Å². The Morgan fingerprint density at radius 1 is 1.45 bits per heavy atom. The van der Waals surface area contributed by atoms with E-state index >= 15 is 0 Å². The fourth-order valence-corrected chi connectivity index (χ4v) is 2.48. The summed E-state index contributed by atoms with van der Waals surface area (Å²) in [5.41, 5.74) is 6.74. The molecule has 6 heteroatoms. The number of hydrogen-bond acceptors (Lipinski definition) is 4. The molecule has 1 aromatic carbocycles. The highest BCUT2D eigenvalue weighted by atomic mass is 19.1. The number of hydrogen-bond donors (Lipinski definition) is 3. The van der Waals surface area contributed by atoms with Crippen LogP contribution in [0.1, 0.15) is 18.4 Å². The van der Waals surface area contributed by atoms with E-state index in [0.29, 0.717) is 12.2 Å². The van der Waals surface area contributed by atoms with Gasteiger partial charge in [-0.1, -0.05) is 0 Å². The summed E-state index contributed by atoms with van der Waals surface area (Å²) in [6, 6.07) is 4.35. The molecule has 0 saturated carbocycles. The van der Waals surface area contributed by atoms with Gasteiger partial charge in [0.15, 0.2) is 0 Å². The lowest BCUT2D eigenvalue weighted by atomic mass is 10.0. The van der Waals surface area contributed by atoms with Crippen molar-refractivity contribution in [3.8, 4) is 0 Å². The molecule has 0 radical (unpaired) electrons. The van der Waals surface area contributed by atoms with Crippen molar-refractivity contribution >= 4 is 11.5 Å². The summed E-state index contributed by atoms with van der Waals surface area (Å²) < 4.78 is 18.8. The van der Waals surface area contributed by atoms with Crippen molar-refractivity contribution in [2.24, 2.45) is 5.73 Å². The molecule has 110 valence electrons. The molecule has 1 aromatic rings. The summed E-state index contributed by atoms with van der Waals surface area (Å²) in [5, 5.41) is 16.3. The number of aliphatic hydroxyl groups excluding tert-OH is 1. The Bertz CT molecular complexity index is 473. The standard InChI is InChI=1S/C14H20FN3O2/c15-10-1-2-13(12(9-10)14(16)17)18-5-3-11(4-6-18)20-8-7-19/h1-2,9,11,19H,3-8H2,(H3,16,17). The smallest absolute Gasteiger partial charge is 0.125 e. The number of nitrogens with two attached hydrogens (primary N) is 1. The van der Waals surface area contributed by atoms with E-state index in [4.69, 9.17) is 21.0 Å². The van der Waals surface area contributed by atoms with Crippen molar-refractivity contribution in [2.75, 3.05) is 31.2 Å². The second kappa shape index (κ2) is 6.67. The van der Waals surface area contributed by atoms with Gasteiger partial charge < -0.3 is 20.5 Å². The van der Waals surface area contributed by atoms with Crippen molar-refractivity contribution in [3.63, 3.8) is 0 Å². The Labute approximate surface area is 117 Å². The number of aliphatic hydroxyl groups is 1. The van der Waals surface area contributed by atoms with Crippen LogP contribution in [0.4, 0.5) is 10.1 Å². The van der Waals surface area contributed by atoms with Gasteiger partial charge in [0.05, 0.1) is 19.3 Å². The first kappa shape index (κ1) is 14.7. The van der Waals surface area contributed by atoms with Gasteiger partial charge in [-0.2, -0.15) is 0 Å². The molecule has 1 saturated heterocycles. The maximum Gasteiger partial charge on any atom is 0.125 e. The van der Waals surface area contributed by atoms with Gasteiger partial charge in [0.1, 0.15) is 11.7 Å². The summed E-state index contributed by atoms with van der Waals surface area (Å²) in [5.74, 6) is -0.515. The largest absolute Gasteiger partial charge is 0.394 e. The summed E-state index contributed by atoms with van der Waals surface area (Å²) >= 11 is 0. The Morgan fingerprint density at radius 2 is 2.15 bits per heavy atom. The first-order chi connectivity index (χ1) is 9.61. The molecular weight excluding hydrogens is 261 g/mol. The number of amidine groups is 1. The first-order valence-electron chi connectivity index (χ1n) is 6.73. The number of benzene rings is 1. The van der Waals surface area contributed by atoms with Crippen molar-refractivity contribution in [1.82, 2.24) is 0 Å². The lowest BCUT2D eigenvalue weighted by Gasteiger charge is -2.34. The van der Waals surface area contributed by atoms with E-state index in [0.717, 1.165) is 31.6 Å². The summed E-state index contributed by atoms with van der Waals surface area (Å²) in [7, 11) is 0. The zero-order valence-electron chi connectivity index (χ0n) is 11.3. The Balaban J connectivity index is 2.05. The molecule has 2 rings (SSSR count). The minimum absolute atomic E-state index is 0.0344. The lowest BCUT2D eigenvalue weighted by molar-refractivity contribution is 0.0159. The molecule has 1 heterocycles. The van der Waals surface area contributed by atoms with E-state index in [1.165, 1.54) is 12.1 Å². The number of nitrogens with zero attached hydrogens (tertiary/aromatic N) is 1. The van der Waals surface area contributed by atoms with Gasteiger partial charge in [-0.15, -0.1) is 0 Å². The van der Waals surface area contributed by atoms with Crippen LogP contribution < -0.4 is 10.6 Å². The van der Waals surface area contributed by atoms with Crippen molar-refractivity contribution in [1.29, 1.82) is 5.41 Å². The minimum Gasteiger partial charge on any atom is -0.394 e. The van der Waals surface area contributed by atoms with E-state index in [1.54, 1.807) is 6.07 Å². The van der Waals surface area contributed by atoms with Gasteiger partial charge in [-0.05, 0) is 31.0 Å². The number of nitrogen functional groups attached to an aromatic ring is 1. The van der Waals surface area contributed by atoms with Gasteiger partial charge in [0.2, 0.25) is 0 Å². The number of rotatable bonds is 5. The van der Waals surface area contributed by atoms with E-state index < -0.39 is 0 Å². The molecular formula is C14H20FN3O2. The zero-order chi connectivity index (χ0) is 14.5. The second-order valence-electron chi connectivity index (χ2n) is 4.86. The van der Waals surface area contributed by atoms with Crippen LogP contribution in [0.15, 0.2) is 18.2 Å². The van der Waals surface area contributed by atoms with Crippen molar-refractivity contribution < 1.29 is 14.2 Å². The molecule has 0 bridgehead atoms. The highest BCUT2D eigenvalue weighted by Gasteiger charge is 2.22. The molecule has 0 spiro atoms. The van der Waals surface area contributed by atoms with Crippen LogP contribution >= 0.6 is 0 Å². The molecule has 4 N–H and O–H groups in total. The third kappa shape index (κ3) is 3.46. The normalized spacial score (nSPS) is 16.4. The Hall–Kier alpha value is -1.66. The predicted octanol–water partition coefficient (Wildman–Crippen LogP) is 1.09. The van der Waals surface area contributed by atoms with Crippen LogP contribution in [0.5, 0.6) is 0 Å². The van der Waals surface area contributed by atoms with E-state index in [2.05, 4.69) is 4.90 Å². The predicted molar refractivity (Wildman–Crippen MR) is 75.7 cm³/mol. The number of anilines is 1. The third-order valence-electron chi connectivity index (χ3n) is 3.48. The maximum absolute atomic E-state index is 13.3. The summed E-state index contributed by atoms with van der Waals surface area (Å²) in [6.45, 7) is 1.93. The fourth-order valence-electron chi connectivity index (χ4n) is 2.48. The Morgan fingerprint density at radius 3 is 2.75 bits per heavy atom. The average molecular weight is 281 g/mol. The van der Waals surface area contributed by atoms with Crippen LogP contribution in [0, 0.1) is 11.2 Å². The van der Waals surface area contributed by atoms with Crippen LogP contribution in [-0.4, -0.2) is 43.3 Å². The maximum atomic E-state index is 13.3. The van der Waals surface area contributed by atoms with E-state index in [1.807, 2.05) is 0 Å². The van der Waals surface area contributed by atoms with Crippen LogP contribution in [0.25, 0.3) is 0 Å². The lowest BCUT2D eigenvalue weighted by Crippen LogP contribution is -2.38. The quantitative estimate of drug-likeness (QED) is 0.557. The van der Waals surface area contributed by atoms with Crippen molar-refractivity contribution in [3.05, 3.63) is 29.6 Å². The molecule has 1 aliphatic heterocycles. The third-order valence-corrected chi connectivity index (χ3v) is 3.48. The Kier molecular flexibility index (Phi) is 4.92. The van der Waals surface area contributed by atoms with Gasteiger partial charge in [-0.3, -0.25) is 5.41 Å². The fraction of sp³-hybridized carbons (Fsp3) is 0.500. The molecule has 0 atom stereocenters. The van der Waals surface area contributed by atoms with Crippen molar-refractivity contribution in [2.45, 2.75) is 18.9 Å². The first-order valence-corrected chi connectivity index (χ1v) is 6.73. The topological polar surface area (TPSA) is 82.6 Å². The van der Waals surface area contributed by atoms with Crippen LogP contribution in [-0.2, 0) is 4.74 Å². The van der Waals surface area contributed by atoms with E-state index in [-0.39, 0.29) is 24.4 Å². The zero-order valence-corrected chi connectivity index (χ0v) is 11.3. The highest BCUT2D eigenvalue weighted by Crippen LogP contribution is 2.25. The summed E-state index contributed by atoms with van der Waals surface area (Å²) in [6.07, 6.45) is 1.84. The van der Waals surface area contributed by atoms with Gasteiger partial charge in [-0.25, -0.2) is 4.39 Å². The highest BCUT2D eigenvalue weighted by molar-refractivity contribution is 6.00. The molecule has 0 aliphatic carbocycles. The van der Waals surface area contributed by atoms with Crippen LogP contribution in [0.2, 0.25) is 0 Å². The SMILES string of the molecule is N=C(N)c1cc(F)ccc1N1CCC(OCCO)CC1. The molecule has 0 aromatic heterocycles. The number of piperidine rings is 1. The molecule has 1 aliphatic rings. The second-order valence-corrected chi connectivity index (χ2v) is 4.86. The summed E-state index contributed by atoms with van der Waals surface area (Å²) in [4.78, 5) is 2.09. The number of nitrogens with one attached hydrogen (secondary N) is 1. The van der Waals surface area contributed by atoms with Gasteiger partial charge in [0, 0.05) is 24.3 Å². The number of ether oxygens (including phenoxy) is 1.